The molecule has 26 heavy (non-hydrogen) atoms. The van der Waals surface area contributed by atoms with E-state index in [2.05, 4.69) is 14.7 Å². The first-order chi connectivity index (χ1) is 12.3. The van der Waals surface area contributed by atoms with E-state index in [1.807, 2.05) is 0 Å². The van der Waals surface area contributed by atoms with Crippen LogP contribution in [0.2, 0.25) is 0 Å². The zero-order valence-corrected chi connectivity index (χ0v) is 12.8. The molecule has 1 heterocycles. The van der Waals surface area contributed by atoms with Crippen LogP contribution in [0.1, 0.15) is 16.2 Å². The third-order valence-electron chi connectivity index (χ3n) is 3.39. The zero-order valence-electron chi connectivity index (χ0n) is 12.8. The Labute approximate surface area is 143 Å². The number of hydrogen-bond acceptors (Lipinski definition) is 3. The molecule has 1 N–H and O–H groups in total. The molecule has 1 aromatic heterocycles. The van der Waals surface area contributed by atoms with Crippen LogP contribution < -0.4 is 5.32 Å². The highest BCUT2D eigenvalue weighted by atomic mass is 19.4. The molecule has 4 nitrogen and oxygen atoms in total. The molecule has 0 atom stereocenters. The third kappa shape index (κ3) is 3.56. The van der Waals surface area contributed by atoms with Crippen molar-refractivity contribution in [1.29, 1.82) is 0 Å². The van der Waals surface area contributed by atoms with Crippen LogP contribution in [0.25, 0.3) is 11.3 Å². The molecule has 9 heteroatoms. The summed E-state index contributed by atoms with van der Waals surface area (Å²) in [4.78, 5) is 15.4. The summed E-state index contributed by atoms with van der Waals surface area (Å²) >= 11 is 0. The van der Waals surface area contributed by atoms with E-state index >= 15 is 0 Å². The van der Waals surface area contributed by atoms with Gasteiger partial charge in [-0.1, -0.05) is 18.2 Å². The van der Waals surface area contributed by atoms with Crippen molar-refractivity contribution in [2.24, 2.45) is 0 Å². The quantitative estimate of drug-likeness (QED) is 0.670. The second-order valence-corrected chi connectivity index (χ2v) is 5.16. The van der Waals surface area contributed by atoms with Gasteiger partial charge in [-0.25, -0.2) is 13.8 Å². The predicted molar refractivity (Wildman–Crippen MR) is 81.3 cm³/mol. The van der Waals surface area contributed by atoms with Crippen molar-refractivity contribution in [2.75, 3.05) is 5.32 Å². The summed E-state index contributed by atoms with van der Waals surface area (Å²) in [5.74, 6) is -4.03. The van der Waals surface area contributed by atoms with Gasteiger partial charge in [-0.2, -0.15) is 13.2 Å². The van der Waals surface area contributed by atoms with Crippen molar-refractivity contribution in [2.45, 2.75) is 6.18 Å². The Morgan fingerprint density at radius 1 is 1.00 bits per heavy atom. The zero-order chi connectivity index (χ0) is 18.9. The first-order valence-corrected chi connectivity index (χ1v) is 7.14. The van der Waals surface area contributed by atoms with Crippen molar-refractivity contribution in [1.82, 2.24) is 4.98 Å². The summed E-state index contributed by atoms with van der Waals surface area (Å²) in [7, 11) is 0. The van der Waals surface area contributed by atoms with Gasteiger partial charge in [-0.05, 0) is 24.3 Å². The SMILES string of the molecule is O=C(Nc1c(F)cccc1F)c1ccc(-c2coc(C(F)(F)F)n2)cc1. The summed E-state index contributed by atoms with van der Waals surface area (Å²) in [6.45, 7) is 0. The van der Waals surface area contributed by atoms with E-state index in [4.69, 9.17) is 0 Å². The molecule has 1 amide bonds. The van der Waals surface area contributed by atoms with E-state index < -0.39 is 35.3 Å². The minimum atomic E-state index is -4.71. The van der Waals surface area contributed by atoms with Crippen LogP contribution in [0.15, 0.2) is 53.1 Å². The first kappa shape index (κ1) is 17.6. The van der Waals surface area contributed by atoms with Gasteiger partial charge >= 0.3 is 12.1 Å². The molecule has 0 aliphatic rings. The Morgan fingerprint density at radius 3 is 2.15 bits per heavy atom. The van der Waals surface area contributed by atoms with Crippen molar-refractivity contribution in [3.63, 3.8) is 0 Å². The number of benzene rings is 2. The van der Waals surface area contributed by atoms with Crippen molar-refractivity contribution < 1.29 is 31.2 Å². The summed E-state index contributed by atoms with van der Waals surface area (Å²) in [6, 6.07) is 8.38. The van der Waals surface area contributed by atoms with Crippen molar-refractivity contribution in [3.05, 3.63) is 71.8 Å². The molecule has 0 saturated heterocycles. The Morgan fingerprint density at radius 2 is 1.62 bits per heavy atom. The van der Waals surface area contributed by atoms with Crippen molar-refractivity contribution in [3.8, 4) is 11.3 Å². The molecule has 0 spiro atoms. The summed E-state index contributed by atoms with van der Waals surface area (Å²) in [5.41, 5.74) is -0.328. The van der Waals surface area contributed by atoms with Crippen LogP contribution in [-0.2, 0) is 6.18 Å². The molecule has 0 bridgehead atoms. The van der Waals surface area contributed by atoms with E-state index in [1.165, 1.54) is 24.3 Å². The molecular weight excluding hydrogens is 359 g/mol. The number of carbonyl (C=O) groups excluding carboxylic acids is 1. The number of oxazole rings is 1. The van der Waals surface area contributed by atoms with Crippen LogP contribution in [0.5, 0.6) is 0 Å². The van der Waals surface area contributed by atoms with E-state index in [-0.39, 0.29) is 16.8 Å². The number of anilines is 1. The van der Waals surface area contributed by atoms with Gasteiger partial charge in [0.05, 0.1) is 0 Å². The number of alkyl halides is 3. The summed E-state index contributed by atoms with van der Waals surface area (Å²) in [6.07, 6.45) is -3.87. The van der Waals surface area contributed by atoms with Crippen LogP contribution in [-0.4, -0.2) is 10.9 Å². The average molecular weight is 368 g/mol. The monoisotopic (exact) mass is 368 g/mol. The topological polar surface area (TPSA) is 55.1 Å². The minimum Gasteiger partial charge on any atom is -0.441 e. The highest BCUT2D eigenvalue weighted by Gasteiger charge is 2.37. The van der Waals surface area contributed by atoms with Crippen LogP contribution in [0.4, 0.5) is 27.6 Å². The second kappa shape index (κ2) is 6.58. The van der Waals surface area contributed by atoms with Crippen molar-refractivity contribution >= 4 is 11.6 Å². The van der Waals surface area contributed by atoms with Gasteiger partial charge in [0.25, 0.3) is 5.91 Å². The number of para-hydroxylation sites is 1. The lowest BCUT2D eigenvalue weighted by Gasteiger charge is -2.07. The number of nitrogens with zero attached hydrogens (tertiary/aromatic N) is 1. The molecule has 3 rings (SSSR count). The van der Waals surface area contributed by atoms with Gasteiger partial charge in [0.15, 0.2) is 0 Å². The van der Waals surface area contributed by atoms with Crippen LogP contribution in [0.3, 0.4) is 0 Å². The number of rotatable bonds is 3. The average Bonchev–Trinajstić information content (AvgIpc) is 3.09. The Bertz CT molecular complexity index is 928. The Hall–Kier alpha value is -3.23. The fraction of sp³-hybridized carbons (Fsp3) is 0.0588. The van der Waals surface area contributed by atoms with Gasteiger partial charge in [-0.3, -0.25) is 4.79 Å². The smallest absolute Gasteiger partial charge is 0.441 e. The molecule has 0 unspecified atom stereocenters. The van der Waals surface area contributed by atoms with E-state index in [0.29, 0.717) is 0 Å². The van der Waals surface area contributed by atoms with Crippen LogP contribution in [0, 0.1) is 11.6 Å². The Kier molecular flexibility index (Phi) is 4.45. The number of carbonyl (C=O) groups is 1. The summed E-state index contributed by atoms with van der Waals surface area (Å²) in [5, 5.41) is 2.11. The molecular formula is C17H9F5N2O2. The molecule has 0 radical (unpaired) electrons. The normalized spacial score (nSPS) is 11.4. The molecule has 0 fully saturated rings. The number of halogens is 5. The predicted octanol–water partition coefficient (Wildman–Crippen LogP) is 4.89. The maximum Gasteiger partial charge on any atom is 0.468 e. The standard InChI is InChI=1S/C17H9F5N2O2/c18-11-2-1-3-12(19)14(11)24-15(25)10-6-4-9(5-7-10)13-8-26-16(23-13)17(20,21)22/h1-8H,(H,24,25). The van der Waals surface area contributed by atoms with E-state index in [9.17, 15) is 26.7 Å². The maximum atomic E-state index is 13.5. The third-order valence-corrected chi connectivity index (χ3v) is 3.39. The highest BCUT2D eigenvalue weighted by Crippen LogP contribution is 2.31. The van der Waals surface area contributed by atoms with E-state index in [1.54, 1.807) is 0 Å². The molecule has 0 aliphatic carbocycles. The van der Waals surface area contributed by atoms with Gasteiger partial charge in [-0.15, -0.1) is 0 Å². The molecule has 0 saturated carbocycles. The number of amides is 1. The largest absolute Gasteiger partial charge is 0.468 e. The maximum absolute atomic E-state index is 13.5. The highest BCUT2D eigenvalue weighted by molar-refractivity contribution is 6.04. The fourth-order valence-electron chi connectivity index (χ4n) is 2.13. The molecule has 3 aromatic rings. The molecule has 0 aliphatic heterocycles. The van der Waals surface area contributed by atoms with Gasteiger partial charge in [0, 0.05) is 11.1 Å². The van der Waals surface area contributed by atoms with Crippen LogP contribution >= 0.6 is 0 Å². The lowest BCUT2D eigenvalue weighted by atomic mass is 10.1. The Balaban J connectivity index is 1.79. The molecule has 134 valence electrons. The second-order valence-electron chi connectivity index (χ2n) is 5.16. The number of aromatic nitrogens is 1. The lowest BCUT2D eigenvalue weighted by molar-refractivity contribution is -0.157. The van der Waals surface area contributed by atoms with Gasteiger partial charge in [0.1, 0.15) is 29.3 Å². The lowest BCUT2D eigenvalue weighted by Crippen LogP contribution is -2.14. The fourth-order valence-corrected chi connectivity index (χ4v) is 2.13. The first-order valence-electron chi connectivity index (χ1n) is 7.14. The van der Waals surface area contributed by atoms with Gasteiger partial charge in [0.2, 0.25) is 0 Å². The minimum absolute atomic E-state index is 0.0518. The molecule has 2 aromatic carbocycles. The summed E-state index contributed by atoms with van der Waals surface area (Å²) < 4.78 is 68.9. The van der Waals surface area contributed by atoms with Gasteiger partial charge < -0.3 is 9.73 Å². The van der Waals surface area contributed by atoms with E-state index in [0.717, 1.165) is 24.5 Å². The number of nitrogens with one attached hydrogen (secondary N) is 1. The number of hydrogen-bond donors (Lipinski definition) is 1.